The van der Waals surface area contributed by atoms with Crippen molar-refractivity contribution in [2.75, 3.05) is 33.2 Å². The van der Waals surface area contributed by atoms with E-state index in [0.29, 0.717) is 55.1 Å². The van der Waals surface area contributed by atoms with E-state index in [2.05, 4.69) is 13.2 Å². The summed E-state index contributed by atoms with van der Waals surface area (Å²) < 4.78 is 38.5. The molecule has 0 aliphatic heterocycles. The molecule has 2 aromatic carbocycles. The fourth-order valence-corrected chi connectivity index (χ4v) is 6.80. The largest absolute Gasteiger partial charge is 0.494 e. The van der Waals surface area contributed by atoms with Gasteiger partial charge in [-0.25, -0.2) is 14.4 Å². The maximum absolute atomic E-state index is 12.8. The van der Waals surface area contributed by atoms with Gasteiger partial charge >= 0.3 is 17.9 Å². The smallest absolute Gasteiger partial charge is 0.338 e. The fourth-order valence-electron chi connectivity index (χ4n) is 6.80. The Morgan fingerprint density at radius 3 is 1.46 bits per heavy atom. The van der Waals surface area contributed by atoms with Crippen LogP contribution in [0.3, 0.4) is 0 Å². The Kier molecular flexibility index (Phi) is 18.1. The van der Waals surface area contributed by atoms with Gasteiger partial charge in [-0.3, -0.25) is 0 Å². The molecular weight excluding hydrogens is 664 g/mol. The molecule has 10 heteroatoms. The normalized spacial score (nSPS) is 19.8. The van der Waals surface area contributed by atoms with E-state index in [0.717, 1.165) is 102 Å². The van der Waals surface area contributed by atoms with Crippen LogP contribution in [0, 0.1) is 11.8 Å². The van der Waals surface area contributed by atoms with Gasteiger partial charge < -0.3 is 33.2 Å². The van der Waals surface area contributed by atoms with Crippen LogP contribution in [-0.2, 0) is 28.5 Å². The number of esters is 3. The highest BCUT2D eigenvalue weighted by Crippen LogP contribution is 2.40. The Hall–Kier alpha value is -4.31. The molecule has 0 radical (unpaired) electrons. The van der Waals surface area contributed by atoms with Crippen molar-refractivity contribution in [1.82, 2.24) is 0 Å². The highest BCUT2D eigenvalue weighted by molar-refractivity contribution is 5.90. The maximum Gasteiger partial charge on any atom is 0.338 e. The van der Waals surface area contributed by atoms with Crippen LogP contribution < -0.4 is 9.47 Å². The number of rotatable bonds is 23. The van der Waals surface area contributed by atoms with Crippen LogP contribution in [0.2, 0.25) is 0 Å². The second-order valence-electron chi connectivity index (χ2n) is 13.5. The summed E-state index contributed by atoms with van der Waals surface area (Å²) in [6.07, 6.45) is 15.5. The van der Waals surface area contributed by atoms with Crippen molar-refractivity contribution >= 4 is 17.9 Å². The average Bonchev–Trinajstić information content (AvgIpc) is 3.17. The Morgan fingerprint density at radius 2 is 1.02 bits per heavy atom. The molecule has 284 valence electrons. The van der Waals surface area contributed by atoms with Gasteiger partial charge in [-0.15, -0.1) is 0 Å². The monoisotopic (exact) mass is 720 g/mol. The fraction of sp³-hybridized carbons (Fsp3) is 0.548. The standard InChI is InChI=1S/C42H56O10/c1-3-40(43)50-30-10-6-9-29-49-37-21-17-35(18-22-37)42(45)52-39-25-13-33(14-26-39)32-11-23-38(24-12-32)51-41(44)34-15-19-36(20-16-34)48-28-8-5-7-27-47-31-46-4-2/h3-4,15-22,32-33,38-39H,1-2,5-14,23-31H2. The van der Waals surface area contributed by atoms with E-state index in [1.807, 2.05) is 12.1 Å². The first-order chi connectivity index (χ1) is 25.4. The van der Waals surface area contributed by atoms with Crippen LogP contribution in [0.15, 0.2) is 74.0 Å². The van der Waals surface area contributed by atoms with E-state index < -0.39 is 5.97 Å². The second kappa shape index (κ2) is 23.3. The Labute approximate surface area is 308 Å². The molecule has 2 aliphatic rings. The number of unbranched alkanes of at least 4 members (excludes halogenated alkanes) is 4. The molecule has 2 saturated carbocycles. The third kappa shape index (κ3) is 14.7. The quantitative estimate of drug-likeness (QED) is 0.0276. The molecule has 52 heavy (non-hydrogen) atoms. The van der Waals surface area contributed by atoms with Crippen LogP contribution in [-0.4, -0.2) is 63.3 Å². The van der Waals surface area contributed by atoms with E-state index in [-0.39, 0.29) is 30.9 Å². The lowest BCUT2D eigenvalue weighted by Gasteiger charge is -2.37. The minimum absolute atomic E-state index is 0.0540. The van der Waals surface area contributed by atoms with Crippen LogP contribution in [0.1, 0.15) is 111 Å². The molecule has 2 fully saturated rings. The SMILES string of the molecule is C=COCOCCCCCOc1ccc(C(=O)OC2CCC(C3CCC(OC(=O)c4ccc(OCCCCCOC(=O)C=C)cc4)CC3)CC2)cc1. The van der Waals surface area contributed by atoms with Crippen molar-refractivity contribution < 1.29 is 47.5 Å². The lowest BCUT2D eigenvalue weighted by molar-refractivity contribution is -0.137. The van der Waals surface area contributed by atoms with Gasteiger partial charge in [0.2, 0.25) is 0 Å². The van der Waals surface area contributed by atoms with Crippen molar-refractivity contribution in [1.29, 1.82) is 0 Å². The zero-order valence-corrected chi connectivity index (χ0v) is 30.5. The third-order valence-corrected chi connectivity index (χ3v) is 9.77. The van der Waals surface area contributed by atoms with E-state index in [1.54, 1.807) is 36.4 Å². The maximum atomic E-state index is 12.8. The van der Waals surface area contributed by atoms with Gasteiger partial charge in [0.05, 0.1) is 43.8 Å². The third-order valence-electron chi connectivity index (χ3n) is 9.77. The predicted molar refractivity (Wildman–Crippen MR) is 197 cm³/mol. The zero-order valence-electron chi connectivity index (χ0n) is 30.5. The molecule has 0 N–H and O–H groups in total. The average molecular weight is 721 g/mol. The molecule has 4 rings (SSSR count). The highest BCUT2D eigenvalue weighted by atomic mass is 16.7. The van der Waals surface area contributed by atoms with Crippen molar-refractivity contribution in [2.45, 2.75) is 102 Å². The van der Waals surface area contributed by atoms with Gasteiger partial charge in [-0.05, 0) is 150 Å². The number of carbonyl (C=O) groups is 3. The summed E-state index contributed by atoms with van der Waals surface area (Å²) in [5.74, 6) is 1.70. The molecule has 0 saturated heterocycles. The molecule has 0 bridgehead atoms. The second-order valence-corrected chi connectivity index (χ2v) is 13.5. The summed E-state index contributed by atoms with van der Waals surface area (Å²) in [4.78, 5) is 36.7. The summed E-state index contributed by atoms with van der Waals surface area (Å²) >= 11 is 0. The molecule has 2 aromatic rings. The van der Waals surface area contributed by atoms with Gasteiger partial charge in [0.15, 0.2) is 6.79 Å². The van der Waals surface area contributed by atoms with Crippen molar-refractivity contribution in [3.8, 4) is 11.5 Å². The summed E-state index contributed by atoms with van der Waals surface area (Å²) in [6.45, 7) is 9.26. The van der Waals surface area contributed by atoms with Crippen LogP contribution >= 0.6 is 0 Å². The lowest BCUT2D eigenvalue weighted by atomic mass is 9.72. The van der Waals surface area contributed by atoms with E-state index >= 15 is 0 Å². The lowest BCUT2D eigenvalue weighted by Crippen LogP contribution is -2.32. The van der Waals surface area contributed by atoms with E-state index in [9.17, 15) is 14.4 Å². The van der Waals surface area contributed by atoms with Crippen molar-refractivity contribution in [2.24, 2.45) is 11.8 Å². The van der Waals surface area contributed by atoms with E-state index in [4.69, 9.17) is 33.2 Å². The zero-order chi connectivity index (χ0) is 36.8. The van der Waals surface area contributed by atoms with Gasteiger partial charge in [-0.2, -0.15) is 0 Å². The minimum Gasteiger partial charge on any atom is -0.494 e. The highest BCUT2D eigenvalue weighted by Gasteiger charge is 2.33. The number of hydrogen-bond acceptors (Lipinski definition) is 10. The van der Waals surface area contributed by atoms with Gasteiger partial charge in [0.25, 0.3) is 0 Å². The van der Waals surface area contributed by atoms with Crippen LogP contribution in [0.25, 0.3) is 0 Å². The first-order valence-electron chi connectivity index (χ1n) is 18.9. The van der Waals surface area contributed by atoms with Gasteiger partial charge in [0.1, 0.15) is 23.7 Å². The number of benzene rings is 2. The van der Waals surface area contributed by atoms with Crippen LogP contribution in [0.4, 0.5) is 0 Å². The summed E-state index contributed by atoms with van der Waals surface area (Å²) in [6, 6.07) is 14.3. The van der Waals surface area contributed by atoms with Gasteiger partial charge in [-0.1, -0.05) is 13.2 Å². The number of hydrogen-bond donors (Lipinski definition) is 0. The number of carbonyl (C=O) groups excluding carboxylic acids is 3. The van der Waals surface area contributed by atoms with Crippen molar-refractivity contribution in [3.05, 3.63) is 85.2 Å². The Morgan fingerprint density at radius 1 is 0.577 bits per heavy atom. The molecule has 0 spiro atoms. The molecule has 0 atom stereocenters. The molecule has 0 aromatic heterocycles. The first-order valence-corrected chi connectivity index (χ1v) is 18.9. The number of ether oxygens (including phenoxy) is 7. The molecule has 2 aliphatic carbocycles. The minimum atomic E-state index is -0.401. The molecular formula is C42H56O10. The molecule has 0 heterocycles. The summed E-state index contributed by atoms with van der Waals surface area (Å²) in [5.41, 5.74) is 1.06. The summed E-state index contributed by atoms with van der Waals surface area (Å²) in [5, 5.41) is 0. The van der Waals surface area contributed by atoms with Crippen molar-refractivity contribution in [3.63, 3.8) is 0 Å². The Bertz CT molecular complexity index is 1360. The Balaban J connectivity index is 1.04. The van der Waals surface area contributed by atoms with E-state index in [1.165, 1.54) is 6.26 Å². The molecule has 10 nitrogen and oxygen atoms in total. The van der Waals surface area contributed by atoms with Gasteiger partial charge in [0, 0.05) is 6.08 Å². The topological polar surface area (TPSA) is 116 Å². The first kappa shape index (κ1) is 40.5. The predicted octanol–water partition coefficient (Wildman–Crippen LogP) is 8.78. The van der Waals surface area contributed by atoms with Crippen LogP contribution in [0.5, 0.6) is 11.5 Å². The summed E-state index contributed by atoms with van der Waals surface area (Å²) in [7, 11) is 0. The molecule has 0 unspecified atom stereocenters. The molecule has 0 amide bonds.